The summed E-state index contributed by atoms with van der Waals surface area (Å²) in [4.78, 5) is 15.9. The smallest absolute Gasteiger partial charge is 0.346 e. The van der Waals surface area contributed by atoms with Gasteiger partial charge in [-0.25, -0.2) is 4.98 Å². The molecule has 0 fully saturated rings. The van der Waals surface area contributed by atoms with Crippen molar-refractivity contribution in [1.29, 1.82) is 0 Å². The van der Waals surface area contributed by atoms with Crippen molar-refractivity contribution in [3.05, 3.63) is 35.7 Å². The molecule has 1 aromatic heterocycles. The number of pyridine rings is 1. The number of anilines is 1. The molecule has 2 heterocycles. The summed E-state index contributed by atoms with van der Waals surface area (Å²) in [5.41, 5.74) is 1.04. The average Bonchev–Trinajstić information content (AvgIpc) is 2.42. The predicted molar refractivity (Wildman–Crippen MR) is 67.9 cm³/mol. The number of amides is 1. The van der Waals surface area contributed by atoms with Gasteiger partial charge in [0.1, 0.15) is 11.9 Å². The lowest BCUT2D eigenvalue weighted by atomic mass is 10.0. The summed E-state index contributed by atoms with van der Waals surface area (Å²) < 4.78 is 37.9. The molecule has 4 nitrogen and oxygen atoms in total. The summed E-state index contributed by atoms with van der Waals surface area (Å²) >= 11 is 0. The Balaban J connectivity index is 2.07. The van der Waals surface area contributed by atoms with Crippen molar-refractivity contribution in [3.63, 3.8) is 0 Å². The second-order valence-corrected chi connectivity index (χ2v) is 4.48. The highest BCUT2D eigenvalue weighted by Crippen LogP contribution is 2.24. The monoisotopic (exact) mass is 285 g/mol. The Hall–Kier alpha value is -2.05. The second kappa shape index (κ2) is 5.52. The van der Waals surface area contributed by atoms with E-state index in [0.717, 1.165) is 5.56 Å². The molecule has 0 aliphatic carbocycles. The molecule has 1 unspecified atom stereocenters. The third-order valence-corrected chi connectivity index (χ3v) is 3.06. The topological polar surface area (TPSA) is 54.0 Å². The summed E-state index contributed by atoms with van der Waals surface area (Å²) in [5.74, 6) is -0.0944. The number of halogens is 3. The van der Waals surface area contributed by atoms with Gasteiger partial charge < -0.3 is 10.6 Å². The molecular formula is C13H14F3N3O. The van der Waals surface area contributed by atoms with Gasteiger partial charge in [0.25, 0.3) is 0 Å². The summed E-state index contributed by atoms with van der Waals surface area (Å²) in [6, 6.07) is 1.66. The van der Waals surface area contributed by atoms with Crippen molar-refractivity contribution in [1.82, 2.24) is 10.3 Å². The second-order valence-electron chi connectivity index (χ2n) is 4.48. The lowest BCUT2D eigenvalue weighted by Gasteiger charge is -2.22. The fourth-order valence-electron chi connectivity index (χ4n) is 1.94. The van der Waals surface area contributed by atoms with Crippen LogP contribution in [0.5, 0.6) is 0 Å². The number of alkyl halides is 3. The molecule has 0 bridgehead atoms. The highest BCUT2D eigenvalue weighted by molar-refractivity contribution is 5.95. The number of hydrogen-bond donors (Lipinski definition) is 2. The molecule has 1 atom stereocenters. The van der Waals surface area contributed by atoms with Crippen LogP contribution >= 0.6 is 0 Å². The van der Waals surface area contributed by atoms with Crippen LogP contribution in [0.15, 0.2) is 30.1 Å². The fourth-order valence-corrected chi connectivity index (χ4v) is 1.94. The van der Waals surface area contributed by atoms with Crippen LogP contribution in [0.25, 0.3) is 0 Å². The van der Waals surface area contributed by atoms with Gasteiger partial charge in [-0.2, -0.15) is 13.2 Å². The SMILES string of the molecule is CCC(NC(=O)C1=CNc2ncccc2C1)C(F)(F)F. The van der Waals surface area contributed by atoms with Gasteiger partial charge in [0, 0.05) is 24.4 Å². The molecule has 0 spiro atoms. The highest BCUT2D eigenvalue weighted by Gasteiger charge is 2.39. The molecule has 1 aromatic rings. The van der Waals surface area contributed by atoms with Gasteiger partial charge >= 0.3 is 6.18 Å². The van der Waals surface area contributed by atoms with Gasteiger partial charge in [0.15, 0.2) is 0 Å². The van der Waals surface area contributed by atoms with Crippen molar-refractivity contribution >= 4 is 11.7 Å². The van der Waals surface area contributed by atoms with Crippen molar-refractivity contribution in [2.75, 3.05) is 5.32 Å². The number of rotatable bonds is 3. The largest absolute Gasteiger partial charge is 0.408 e. The molecule has 1 aliphatic heterocycles. The average molecular weight is 285 g/mol. The maximum absolute atomic E-state index is 12.6. The molecule has 0 saturated heterocycles. The minimum Gasteiger partial charge on any atom is -0.346 e. The van der Waals surface area contributed by atoms with Crippen molar-refractivity contribution in [2.45, 2.75) is 32.0 Å². The van der Waals surface area contributed by atoms with E-state index >= 15 is 0 Å². The van der Waals surface area contributed by atoms with Gasteiger partial charge in [-0.05, 0) is 18.1 Å². The van der Waals surface area contributed by atoms with Crippen LogP contribution in [-0.4, -0.2) is 23.1 Å². The lowest BCUT2D eigenvalue weighted by molar-refractivity contribution is -0.161. The van der Waals surface area contributed by atoms with Crippen molar-refractivity contribution in [2.24, 2.45) is 0 Å². The first-order chi connectivity index (χ1) is 9.41. The minimum atomic E-state index is -4.44. The fraction of sp³-hybridized carbons (Fsp3) is 0.385. The third-order valence-electron chi connectivity index (χ3n) is 3.06. The zero-order chi connectivity index (χ0) is 14.8. The molecule has 1 aliphatic rings. The standard InChI is InChI=1S/C13H14F3N3O/c1-2-10(13(14,15)16)19-12(20)9-6-8-4-3-5-17-11(8)18-7-9/h3-5,7,10H,2,6H2,1H3,(H,17,18)(H,19,20). The van der Waals surface area contributed by atoms with E-state index in [1.54, 1.807) is 18.3 Å². The molecular weight excluding hydrogens is 271 g/mol. The Bertz CT molecular complexity index is 540. The summed E-state index contributed by atoms with van der Waals surface area (Å²) in [6.45, 7) is 1.38. The number of aromatic nitrogens is 1. The maximum atomic E-state index is 12.6. The van der Waals surface area contributed by atoms with E-state index in [0.29, 0.717) is 5.82 Å². The lowest BCUT2D eigenvalue weighted by Crippen LogP contribution is -2.45. The van der Waals surface area contributed by atoms with E-state index in [1.165, 1.54) is 13.1 Å². The zero-order valence-corrected chi connectivity index (χ0v) is 10.8. The van der Waals surface area contributed by atoms with E-state index < -0.39 is 18.1 Å². The molecule has 2 rings (SSSR count). The van der Waals surface area contributed by atoms with Gasteiger partial charge in [0.2, 0.25) is 5.91 Å². The number of carbonyl (C=O) groups excluding carboxylic acids is 1. The predicted octanol–water partition coefficient (Wildman–Crippen LogP) is 2.39. The summed E-state index contributed by atoms with van der Waals surface area (Å²) in [7, 11) is 0. The maximum Gasteiger partial charge on any atom is 0.408 e. The minimum absolute atomic E-state index is 0.200. The van der Waals surface area contributed by atoms with Gasteiger partial charge in [0.05, 0.1) is 0 Å². The first kappa shape index (κ1) is 14.4. The number of hydrogen-bond acceptors (Lipinski definition) is 3. The normalized spacial score (nSPS) is 15.7. The van der Waals surface area contributed by atoms with Crippen molar-refractivity contribution < 1.29 is 18.0 Å². The number of carbonyl (C=O) groups is 1. The Morgan fingerprint density at radius 3 is 2.95 bits per heavy atom. The van der Waals surface area contributed by atoms with Crippen LogP contribution in [0.1, 0.15) is 18.9 Å². The molecule has 0 radical (unpaired) electrons. The van der Waals surface area contributed by atoms with Crippen LogP contribution in [0.4, 0.5) is 19.0 Å². The third kappa shape index (κ3) is 3.09. The van der Waals surface area contributed by atoms with Gasteiger partial charge in [-0.1, -0.05) is 13.0 Å². The quantitative estimate of drug-likeness (QED) is 0.896. The van der Waals surface area contributed by atoms with E-state index in [9.17, 15) is 18.0 Å². The van der Waals surface area contributed by atoms with Crippen molar-refractivity contribution in [3.8, 4) is 0 Å². The first-order valence-corrected chi connectivity index (χ1v) is 6.19. The van der Waals surface area contributed by atoms with Gasteiger partial charge in [-0.3, -0.25) is 4.79 Å². The van der Waals surface area contributed by atoms with E-state index in [4.69, 9.17) is 0 Å². The molecule has 1 amide bonds. The Labute approximate surface area is 114 Å². The number of nitrogens with one attached hydrogen (secondary N) is 2. The van der Waals surface area contributed by atoms with Crippen LogP contribution in [0.2, 0.25) is 0 Å². The molecule has 2 N–H and O–H groups in total. The first-order valence-electron chi connectivity index (χ1n) is 6.19. The molecule has 108 valence electrons. The Morgan fingerprint density at radius 2 is 2.30 bits per heavy atom. The zero-order valence-electron chi connectivity index (χ0n) is 10.8. The number of fused-ring (bicyclic) bond motifs is 1. The highest BCUT2D eigenvalue weighted by atomic mass is 19.4. The van der Waals surface area contributed by atoms with Crippen LogP contribution < -0.4 is 10.6 Å². The Kier molecular flexibility index (Phi) is 3.96. The molecule has 7 heteroatoms. The van der Waals surface area contributed by atoms with Crippen LogP contribution in [0, 0.1) is 0 Å². The molecule has 20 heavy (non-hydrogen) atoms. The molecule has 0 saturated carbocycles. The van der Waals surface area contributed by atoms with Crippen LogP contribution in [-0.2, 0) is 11.2 Å². The van der Waals surface area contributed by atoms with Crippen LogP contribution in [0.3, 0.4) is 0 Å². The molecule has 0 aromatic carbocycles. The Morgan fingerprint density at radius 1 is 1.55 bits per heavy atom. The van der Waals surface area contributed by atoms with E-state index in [1.807, 2.05) is 5.32 Å². The van der Waals surface area contributed by atoms with E-state index in [2.05, 4.69) is 10.3 Å². The number of nitrogens with zero attached hydrogens (tertiary/aromatic N) is 1. The summed E-state index contributed by atoms with van der Waals surface area (Å²) in [6.07, 6.45) is -1.38. The van der Waals surface area contributed by atoms with E-state index in [-0.39, 0.29) is 18.4 Å². The summed E-state index contributed by atoms with van der Waals surface area (Å²) in [5, 5.41) is 4.82. The van der Waals surface area contributed by atoms with Gasteiger partial charge in [-0.15, -0.1) is 0 Å².